The van der Waals surface area contributed by atoms with Crippen LogP contribution in [0.1, 0.15) is 5.56 Å². The van der Waals surface area contributed by atoms with Crippen molar-refractivity contribution in [1.82, 2.24) is 24.9 Å². The first kappa shape index (κ1) is 21.2. The summed E-state index contributed by atoms with van der Waals surface area (Å²) in [6, 6.07) is 12.2. The zero-order chi connectivity index (χ0) is 23.2. The molecule has 0 aliphatic rings. The first-order chi connectivity index (χ1) is 16.1. The van der Waals surface area contributed by atoms with Crippen LogP contribution in [0.25, 0.3) is 22.5 Å². The molecule has 0 unspecified atom stereocenters. The van der Waals surface area contributed by atoms with E-state index in [0.29, 0.717) is 47.2 Å². The molecule has 4 rings (SSSR count). The monoisotopic (exact) mass is 442 g/mol. The van der Waals surface area contributed by atoms with E-state index >= 15 is 0 Å². The zero-order valence-electron chi connectivity index (χ0n) is 17.2. The Labute approximate surface area is 187 Å². The van der Waals surface area contributed by atoms with Gasteiger partial charge >= 0.3 is 5.69 Å². The van der Waals surface area contributed by atoms with Gasteiger partial charge in [-0.05, 0) is 12.1 Å². The van der Waals surface area contributed by atoms with E-state index in [0.717, 1.165) is 5.69 Å². The van der Waals surface area contributed by atoms with Crippen LogP contribution in [0, 0.1) is 21.4 Å². The van der Waals surface area contributed by atoms with E-state index in [-0.39, 0.29) is 11.5 Å². The maximum absolute atomic E-state index is 10.8. The third-order valence-corrected chi connectivity index (χ3v) is 4.69. The van der Waals surface area contributed by atoms with Crippen molar-refractivity contribution in [3.05, 3.63) is 70.8 Å². The summed E-state index contributed by atoms with van der Waals surface area (Å²) in [6.07, 6.45) is 4.89. The van der Waals surface area contributed by atoms with Gasteiger partial charge in [-0.3, -0.25) is 10.1 Å². The molecule has 0 atom stereocenters. The molecule has 164 valence electrons. The van der Waals surface area contributed by atoms with Crippen LogP contribution in [-0.2, 0) is 0 Å². The van der Waals surface area contributed by atoms with Crippen molar-refractivity contribution in [2.45, 2.75) is 0 Å². The Morgan fingerprint density at radius 3 is 2.64 bits per heavy atom. The number of nitro groups is 1. The smallest absolute Gasteiger partial charge is 0.311 e. The number of hydrogen-bond donors (Lipinski definition) is 4. The fourth-order valence-corrected chi connectivity index (χ4v) is 3.14. The van der Waals surface area contributed by atoms with Crippen molar-refractivity contribution in [1.29, 1.82) is 5.26 Å². The molecule has 0 aliphatic carbocycles. The SMILES string of the molecule is N#Cc1ccccc1-c1nc(NCCNc2ccc([N+](=O)[O-])c(N)n2)ncc1-c1cnc[nH]1. The standard InChI is InChI=1S/C21H18N10O2/c22-9-13-3-1-2-4-14(13)19-15(16-11-24-12-28-16)10-27-21(30-19)26-8-7-25-18-6-5-17(31(32)33)20(23)29-18/h1-6,10-12H,7-8H2,(H,24,28)(H3,23,25,29)(H,26,27,30). The van der Waals surface area contributed by atoms with Gasteiger partial charge in [0.05, 0.1) is 40.5 Å². The maximum atomic E-state index is 10.8. The largest absolute Gasteiger partial charge is 0.378 e. The van der Waals surface area contributed by atoms with Gasteiger partial charge in [-0.2, -0.15) is 5.26 Å². The number of imidazole rings is 1. The molecule has 5 N–H and O–H groups in total. The molecular formula is C21H18N10O2. The normalized spacial score (nSPS) is 10.4. The number of anilines is 3. The fourth-order valence-electron chi connectivity index (χ4n) is 3.14. The first-order valence-corrected chi connectivity index (χ1v) is 9.80. The van der Waals surface area contributed by atoms with Gasteiger partial charge in [0.25, 0.3) is 0 Å². The zero-order valence-corrected chi connectivity index (χ0v) is 17.2. The highest BCUT2D eigenvalue weighted by Gasteiger charge is 2.16. The predicted octanol–water partition coefficient (Wildman–Crippen LogP) is 2.81. The van der Waals surface area contributed by atoms with E-state index in [1.165, 1.54) is 12.1 Å². The Morgan fingerprint density at radius 2 is 1.91 bits per heavy atom. The molecule has 4 aromatic rings. The first-order valence-electron chi connectivity index (χ1n) is 9.80. The topological polar surface area (TPSA) is 184 Å². The number of nitrogen functional groups attached to an aromatic ring is 1. The van der Waals surface area contributed by atoms with Gasteiger partial charge < -0.3 is 21.4 Å². The van der Waals surface area contributed by atoms with Gasteiger partial charge in [0.1, 0.15) is 5.82 Å². The summed E-state index contributed by atoms with van der Waals surface area (Å²) >= 11 is 0. The highest BCUT2D eigenvalue weighted by Crippen LogP contribution is 2.31. The number of nitrogens with one attached hydrogen (secondary N) is 3. The van der Waals surface area contributed by atoms with Crippen molar-refractivity contribution >= 4 is 23.3 Å². The number of nitriles is 1. The number of hydrogen-bond acceptors (Lipinski definition) is 10. The Kier molecular flexibility index (Phi) is 6.03. The van der Waals surface area contributed by atoms with Crippen LogP contribution >= 0.6 is 0 Å². The van der Waals surface area contributed by atoms with E-state index < -0.39 is 4.92 Å². The van der Waals surface area contributed by atoms with E-state index in [1.54, 1.807) is 30.9 Å². The minimum Gasteiger partial charge on any atom is -0.378 e. The van der Waals surface area contributed by atoms with Gasteiger partial charge in [0.2, 0.25) is 11.8 Å². The van der Waals surface area contributed by atoms with Crippen LogP contribution in [0.15, 0.2) is 55.1 Å². The lowest BCUT2D eigenvalue weighted by Gasteiger charge is -2.12. The highest BCUT2D eigenvalue weighted by molar-refractivity contribution is 5.81. The number of rotatable bonds is 8. The molecule has 0 amide bonds. The molecule has 1 aromatic carbocycles. The van der Waals surface area contributed by atoms with Crippen molar-refractivity contribution in [3.63, 3.8) is 0 Å². The number of nitrogens with two attached hydrogens (primary N) is 1. The summed E-state index contributed by atoms with van der Waals surface area (Å²) in [7, 11) is 0. The average molecular weight is 442 g/mol. The number of aromatic amines is 1. The summed E-state index contributed by atoms with van der Waals surface area (Å²) < 4.78 is 0. The molecule has 0 saturated heterocycles. The van der Waals surface area contributed by atoms with Crippen molar-refractivity contribution in [3.8, 4) is 28.6 Å². The van der Waals surface area contributed by atoms with E-state index in [9.17, 15) is 15.4 Å². The van der Waals surface area contributed by atoms with Crippen LogP contribution in [-0.4, -0.2) is 42.9 Å². The van der Waals surface area contributed by atoms with Gasteiger partial charge in [-0.1, -0.05) is 18.2 Å². The minimum atomic E-state index is -0.583. The molecule has 0 bridgehead atoms. The average Bonchev–Trinajstić information content (AvgIpc) is 3.36. The molecule has 0 fully saturated rings. The molecule has 0 aliphatic heterocycles. The number of pyridine rings is 1. The number of H-pyrrole nitrogens is 1. The lowest BCUT2D eigenvalue weighted by Crippen LogP contribution is -2.16. The summed E-state index contributed by atoms with van der Waals surface area (Å²) in [6.45, 7) is 0.862. The second-order valence-electron chi connectivity index (χ2n) is 6.79. The predicted molar refractivity (Wildman–Crippen MR) is 122 cm³/mol. The minimum absolute atomic E-state index is 0.156. The van der Waals surface area contributed by atoms with Crippen LogP contribution in [0.3, 0.4) is 0 Å². The molecule has 3 aromatic heterocycles. The molecule has 3 heterocycles. The summed E-state index contributed by atoms with van der Waals surface area (Å²) in [5.41, 5.74) is 8.57. The molecule has 0 spiro atoms. The van der Waals surface area contributed by atoms with E-state index in [2.05, 4.69) is 41.6 Å². The lowest BCUT2D eigenvalue weighted by molar-refractivity contribution is -0.384. The van der Waals surface area contributed by atoms with Gasteiger partial charge in [0, 0.05) is 36.5 Å². The van der Waals surface area contributed by atoms with E-state index in [4.69, 9.17) is 5.73 Å². The van der Waals surface area contributed by atoms with Crippen molar-refractivity contribution in [2.75, 3.05) is 29.5 Å². The Morgan fingerprint density at radius 1 is 1.09 bits per heavy atom. The third-order valence-electron chi connectivity index (χ3n) is 4.69. The quantitative estimate of drug-likeness (QED) is 0.180. The lowest BCUT2D eigenvalue weighted by atomic mass is 10.0. The molecule has 0 saturated carbocycles. The third kappa shape index (κ3) is 4.67. The molecule has 33 heavy (non-hydrogen) atoms. The molecule has 12 nitrogen and oxygen atoms in total. The summed E-state index contributed by atoms with van der Waals surface area (Å²) in [4.78, 5) is 30.3. The number of aromatic nitrogens is 5. The van der Waals surface area contributed by atoms with Gasteiger partial charge in [0.15, 0.2) is 0 Å². The fraction of sp³-hybridized carbons (Fsp3) is 0.0952. The Hall–Kier alpha value is -5.05. The van der Waals surface area contributed by atoms with Crippen LogP contribution < -0.4 is 16.4 Å². The van der Waals surface area contributed by atoms with Crippen LogP contribution in [0.4, 0.5) is 23.3 Å². The number of nitrogens with zero attached hydrogens (tertiary/aromatic N) is 6. The second-order valence-corrected chi connectivity index (χ2v) is 6.79. The Balaban J connectivity index is 1.50. The van der Waals surface area contributed by atoms with Crippen LogP contribution in [0.2, 0.25) is 0 Å². The van der Waals surface area contributed by atoms with Gasteiger partial charge in [-0.15, -0.1) is 0 Å². The highest BCUT2D eigenvalue weighted by atomic mass is 16.6. The van der Waals surface area contributed by atoms with Crippen molar-refractivity contribution < 1.29 is 4.92 Å². The molecular weight excluding hydrogens is 424 g/mol. The number of benzene rings is 1. The second kappa shape index (κ2) is 9.40. The molecule has 0 radical (unpaired) electrons. The summed E-state index contributed by atoms with van der Waals surface area (Å²) in [5.74, 6) is 0.634. The van der Waals surface area contributed by atoms with Crippen molar-refractivity contribution in [2.24, 2.45) is 0 Å². The Bertz CT molecular complexity index is 1330. The maximum Gasteiger partial charge on any atom is 0.311 e. The summed E-state index contributed by atoms with van der Waals surface area (Å²) in [5, 5.41) is 26.5. The molecule has 12 heteroatoms. The van der Waals surface area contributed by atoms with Gasteiger partial charge in [-0.25, -0.2) is 19.9 Å². The van der Waals surface area contributed by atoms with Crippen LogP contribution in [0.5, 0.6) is 0 Å². The van der Waals surface area contributed by atoms with E-state index in [1.807, 2.05) is 12.1 Å².